The zero-order chi connectivity index (χ0) is 29.9. The molecule has 0 aliphatic carbocycles. The van der Waals surface area contributed by atoms with Crippen molar-refractivity contribution >= 4 is 17.7 Å². The molecule has 1 aromatic rings. The molecule has 1 aromatic carbocycles. The van der Waals surface area contributed by atoms with Crippen LogP contribution in [-0.4, -0.2) is 29.2 Å². The molecule has 1 N–H and O–H groups in total. The molecule has 0 saturated carbocycles. The Morgan fingerprint density at radius 3 is 1.48 bits per heavy atom. The lowest BCUT2D eigenvalue weighted by molar-refractivity contribution is -0.153. The summed E-state index contributed by atoms with van der Waals surface area (Å²) in [6.45, 7) is 15.6. The number of ether oxygens (including phenoxy) is 1. The van der Waals surface area contributed by atoms with E-state index in [4.69, 9.17) is 4.74 Å². The predicted octanol–water partition coefficient (Wildman–Crippen LogP) is 10.9. The maximum Gasteiger partial charge on any atom is 0.339 e. The second-order valence-corrected chi connectivity index (χ2v) is 15.1. The third-order valence-electron chi connectivity index (χ3n) is 7.84. The van der Waals surface area contributed by atoms with Crippen LogP contribution >= 0.6 is 11.8 Å². The first-order chi connectivity index (χ1) is 19.0. The van der Waals surface area contributed by atoms with E-state index < -0.39 is 12.1 Å². The van der Waals surface area contributed by atoms with Crippen molar-refractivity contribution in [3.8, 4) is 0 Å². The molecule has 0 saturated heterocycles. The number of benzene rings is 1. The van der Waals surface area contributed by atoms with Gasteiger partial charge in [0.2, 0.25) is 0 Å². The number of hydrogen-bond acceptors (Lipinski definition) is 4. The van der Waals surface area contributed by atoms with Crippen LogP contribution in [0.5, 0.6) is 0 Å². The molecular formula is C36H64O3S. The van der Waals surface area contributed by atoms with E-state index in [1.165, 1.54) is 103 Å². The molecule has 0 heterocycles. The smallest absolute Gasteiger partial charge is 0.339 e. The molecule has 0 aliphatic rings. The topological polar surface area (TPSA) is 46.5 Å². The fourth-order valence-electron chi connectivity index (χ4n) is 4.95. The highest BCUT2D eigenvalue weighted by atomic mass is 32.2. The summed E-state index contributed by atoms with van der Waals surface area (Å²) in [6, 6.07) is 6.09. The summed E-state index contributed by atoms with van der Waals surface area (Å²) in [5.74, 6) is 1.35. The first-order valence-electron chi connectivity index (χ1n) is 16.5. The molecule has 0 bridgehead atoms. The average Bonchev–Trinajstić information content (AvgIpc) is 2.90. The molecule has 0 radical (unpaired) electrons. The van der Waals surface area contributed by atoms with E-state index in [-0.39, 0.29) is 10.8 Å². The molecule has 1 rings (SSSR count). The number of rotatable bonds is 22. The number of aliphatic hydroxyl groups is 1. The maximum atomic E-state index is 12.6. The summed E-state index contributed by atoms with van der Waals surface area (Å²) in [5.41, 5.74) is 2.74. The zero-order valence-corrected chi connectivity index (χ0v) is 28.2. The highest BCUT2D eigenvalue weighted by Gasteiger charge is 2.25. The van der Waals surface area contributed by atoms with Gasteiger partial charge in [-0.2, -0.15) is 11.8 Å². The molecular weight excluding hydrogens is 512 g/mol. The van der Waals surface area contributed by atoms with Crippen molar-refractivity contribution in [3.05, 3.63) is 34.9 Å². The summed E-state index contributed by atoms with van der Waals surface area (Å²) >= 11 is 1.84. The fraction of sp³-hybridized carbons (Fsp3) is 0.806. The zero-order valence-electron chi connectivity index (χ0n) is 27.4. The van der Waals surface area contributed by atoms with Gasteiger partial charge < -0.3 is 9.84 Å². The molecule has 1 atom stereocenters. The molecule has 0 fully saturated rings. The van der Waals surface area contributed by atoms with Crippen LogP contribution in [-0.2, 0) is 20.4 Å². The van der Waals surface area contributed by atoms with E-state index in [9.17, 15) is 9.90 Å². The number of hydrogen-bond donors (Lipinski definition) is 1. The van der Waals surface area contributed by atoms with Crippen molar-refractivity contribution in [2.24, 2.45) is 0 Å². The number of esters is 1. The monoisotopic (exact) mass is 576 g/mol. The molecule has 40 heavy (non-hydrogen) atoms. The molecule has 0 amide bonds. The number of aliphatic hydroxyl groups excluding tert-OH is 1. The summed E-state index contributed by atoms with van der Waals surface area (Å²) in [7, 11) is 0. The second kappa shape index (κ2) is 20.8. The van der Waals surface area contributed by atoms with Gasteiger partial charge in [-0.25, -0.2) is 4.79 Å². The van der Waals surface area contributed by atoms with Gasteiger partial charge in [0.1, 0.15) is 6.61 Å². The van der Waals surface area contributed by atoms with Crippen molar-refractivity contribution in [3.63, 3.8) is 0 Å². The van der Waals surface area contributed by atoms with Crippen molar-refractivity contribution < 1.29 is 14.6 Å². The predicted molar refractivity (Wildman–Crippen MR) is 177 cm³/mol. The lowest BCUT2D eigenvalue weighted by Crippen LogP contribution is -2.21. The fourth-order valence-corrected chi connectivity index (χ4v) is 5.76. The Kier molecular flexibility index (Phi) is 19.3. The van der Waals surface area contributed by atoms with Crippen LogP contribution in [0.4, 0.5) is 0 Å². The molecule has 0 aliphatic heterocycles. The number of unbranched alkanes of at least 4 members (excludes halogenated alkanes) is 15. The summed E-state index contributed by atoms with van der Waals surface area (Å²) in [5, 5.41) is 10.7. The summed E-state index contributed by atoms with van der Waals surface area (Å²) < 4.78 is 5.43. The number of carbonyl (C=O) groups is 1. The lowest BCUT2D eigenvalue weighted by Gasteiger charge is -2.27. The van der Waals surface area contributed by atoms with Gasteiger partial charge in [-0.3, -0.25) is 0 Å². The Balaban J connectivity index is 2.09. The van der Waals surface area contributed by atoms with Crippen LogP contribution in [0.2, 0.25) is 0 Å². The minimum absolute atomic E-state index is 0.0665. The van der Waals surface area contributed by atoms with Crippen molar-refractivity contribution in [2.45, 2.75) is 168 Å². The molecule has 232 valence electrons. The van der Waals surface area contributed by atoms with E-state index >= 15 is 0 Å². The van der Waals surface area contributed by atoms with E-state index in [1.54, 1.807) is 0 Å². The van der Waals surface area contributed by atoms with E-state index in [1.807, 2.05) is 23.9 Å². The first-order valence-corrected chi connectivity index (χ1v) is 17.7. The van der Waals surface area contributed by atoms with Gasteiger partial charge in [-0.15, -0.1) is 0 Å². The van der Waals surface area contributed by atoms with E-state index in [0.29, 0.717) is 12.2 Å². The van der Waals surface area contributed by atoms with Gasteiger partial charge in [0, 0.05) is 5.75 Å². The highest BCUT2D eigenvalue weighted by molar-refractivity contribution is 7.99. The third kappa shape index (κ3) is 17.1. The molecule has 3 nitrogen and oxygen atoms in total. The lowest BCUT2D eigenvalue weighted by atomic mass is 9.79. The molecule has 0 spiro atoms. The quantitative estimate of drug-likeness (QED) is 0.110. The van der Waals surface area contributed by atoms with Crippen LogP contribution in [0, 0.1) is 0 Å². The Hall–Kier alpha value is -1.00. The van der Waals surface area contributed by atoms with Gasteiger partial charge in [0.15, 0.2) is 6.10 Å². The minimum Gasteiger partial charge on any atom is -0.463 e. The Morgan fingerprint density at radius 2 is 1.07 bits per heavy atom. The summed E-state index contributed by atoms with van der Waals surface area (Å²) in [4.78, 5) is 12.6. The van der Waals surface area contributed by atoms with Gasteiger partial charge in [-0.1, -0.05) is 163 Å². The Labute approximate surface area is 253 Å². The van der Waals surface area contributed by atoms with Crippen LogP contribution in [0.25, 0.3) is 0 Å². The average molecular weight is 577 g/mol. The van der Waals surface area contributed by atoms with Gasteiger partial charge in [-0.05, 0) is 39.7 Å². The highest BCUT2D eigenvalue weighted by Crippen LogP contribution is 2.32. The van der Waals surface area contributed by atoms with Gasteiger partial charge in [0.05, 0.1) is 0 Å². The van der Waals surface area contributed by atoms with Gasteiger partial charge >= 0.3 is 5.97 Å². The van der Waals surface area contributed by atoms with Crippen LogP contribution in [0.15, 0.2) is 18.2 Å². The number of thioether (sulfide) groups is 1. The third-order valence-corrected chi connectivity index (χ3v) is 8.87. The standard InChI is InChI=1S/C36H64O3S/c1-8-9-10-11-12-13-14-15-16-17-18-19-20-21-22-23-25-40-26-24-39-34(38)33(37)30-27-31(35(2,3)4)29-32(28-30)36(5,6)7/h27-29,33,37H,8-26H2,1-7H3. The normalized spacial score (nSPS) is 13.0. The van der Waals surface area contributed by atoms with Gasteiger partial charge in [0.25, 0.3) is 0 Å². The Morgan fingerprint density at radius 1 is 0.675 bits per heavy atom. The van der Waals surface area contributed by atoms with Crippen molar-refractivity contribution in [2.75, 3.05) is 18.1 Å². The molecule has 1 unspecified atom stereocenters. The minimum atomic E-state index is -1.24. The van der Waals surface area contributed by atoms with Crippen LogP contribution < -0.4 is 0 Å². The van der Waals surface area contributed by atoms with Crippen molar-refractivity contribution in [1.29, 1.82) is 0 Å². The summed E-state index contributed by atoms with van der Waals surface area (Å²) in [6.07, 6.45) is 21.0. The van der Waals surface area contributed by atoms with E-state index in [2.05, 4.69) is 54.5 Å². The maximum absolute atomic E-state index is 12.6. The van der Waals surface area contributed by atoms with E-state index in [0.717, 1.165) is 22.6 Å². The van der Waals surface area contributed by atoms with Crippen molar-refractivity contribution in [1.82, 2.24) is 0 Å². The number of carbonyl (C=O) groups excluding carboxylic acids is 1. The first kappa shape index (κ1) is 37.0. The van der Waals surface area contributed by atoms with Crippen LogP contribution in [0.1, 0.15) is 174 Å². The van der Waals surface area contributed by atoms with Crippen LogP contribution in [0.3, 0.4) is 0 Å². The second-order valence-electron chi connectivity index (χ2n) is 13.8. The Bertz CT molecular complexity index is 758. The largest absolute Gasteiger partial charge is 0.463 e. The molecule has 0 aromatic heterocycles. The molecule has 4 heteroatoms. The SMILES string of the molecule is CCCCCCCCCCCCCCCCCCSCCOC(=O)C(O)c1cc(C(C)(C)C)cc(C(C)(C)C)c1.